The van der Waals surface area contributed by atoms with E-state index in [9.17, 15) is 19.5 Å². The second-order valence-electron chi connectivity index (χ2n) is 10.5. The number of anilines is 1. The third kappa shape index (κ3) is 3.92. The molecule has 8 nitrogen and oxygen atoms in total. The average Bonchev–Trinajstić information content (AvgIpc) is 3.20. The largest absolute Gasteiger partial charge is 0.396 e. The van der Waals surface area contributed by atoms with Gasteiger partial charge in [-0.3, -0.25) is 14.4 Å². The molecular weight excluding hydrogens is 470 g/mol. The molecule has 0 aliphatic carbocycles. The smallest absolute Gasteiger partial charge is 0.249 e. The molecule has 198 valence electrons. The first kappa shape index (κ1) is 25.7. The van der Waals surface area contributed by atoms with Crippen molar-refractivity contribution in [2.75, 3.05) is 37.7 Å². The Kier molecular flexibility index (Phi) is 6.98. The Morgan fingerprint density at radius 2 is 1.68 bits per heavy atom. The minimum Gasteiger partial charge on any atom is -0.396 e. The van der Waals surface area contributed by atoms with E-state index in [4.69, 9.17) is 4.74 Å². The summed E-state index contributed by atoms with van der Waals surface area (Å²) >= 11 is 0. The Hall–Kier alpha value is -2.97. The van der Waals surface area contributed by atoms with Gasteiger partial charge in [-0.25, -0.2) is 0 Å². The average molecular weight is 508 g/mol. The van der Waals surface area contributed by atoms with E-state index >= 15 is 0 Å². The maximum Gasteiger partial charge on any atom is 0.249 e. The van der Waals surface area contributed by atoms with Crippen molar-refractivity contribution in [3.63, 3.8) is 0 Å². The van der Waals surface area contributed by atoms with Gasteiger partial charge in [-0.15, -0.1) is 0 Å². The highest BCUT2D eigenvalue weighted by Crippen LogP contribution is 2.58. The number of carbonyl (C=O) groups is 3. The summed E-state index contributed by atoms with van der Waals surface area (Å²) in [5.41, 5.74) is -1.47. The SMILES string of the molecule is CCCCN1CC=C[C@]23O[C@]4(CC)C=CCN(c5ccccc5)C(=O)[C@@H]4[C@H]2C(=O)N(CCCO)C3C1=O. The van der Waals surface area contributed by atoms with E-state index in [1.807, 2.05) is 61.6 Å². The zero-order chi connectivity index (χ0) is 26.2. The van der Waals surface area contributed by atoms with E-state index in [1.165, 1.54) is 0 Å². The Bertz CT molecular complexity index is 1100. The predicted molar refractivity (Wildman–Crippen MR) is 140 cm³/mol. The number of hydrogen-bond acceptors (Lipinski definition) is 5. The van der Waals surface area contributed by atoms with Crippen LogP contribution in [0, 0.1) is 11.8 Å². The zero-order valence-electron chi connectivity index (χ0n) is 21.7. The van der Waals surface area contributed by atoms with Crippen LogP contribution in [0.15, 0.2) is 54.6 Å². The molecule has 1 aromatic carbocycles. The lowest BCUT2D eigenvalue weighted by atomic mass is 9.73. The van der Waals surface area contributed by atoms with Crippen molar-refractivity contribution in [1.29, 1.82) is 0 Å². The van der Waals surface area contributed by atoms with E-state index in [-0.39, 0.29) is 30.9 Å². The molecule has 1 spiro atoms. The monoisotopic (exact) mass is 507 g/mol. The van der Waals surface area contributed by atoms with Crippen LogP contribution < -0.4 is 4.90 Å². The fraction of sp³-hybridized carbons (Fsp3) is 0.552. The van der Waals surface area contributed by atoms with Crippen molar-refractivity contribution < 1.29 is 24.2 Å². The molecule has 2 fully saturated rings. The molecule has 0 aromatic heterocycles. The third-order valence-electron chi connectivity index (χ3n) is 8.43. The van der Waals surface area contributed by atoms with Crippen molar-refractivity contribution >= 4 is 23.4 Å². The number of amides is 3. The first-order valence-electron chi connectivity index (χ1n) is 13.6. The van der Waals surface area contributed by atoms with Gasteiger partial charge in [-0.05, 0) is 31.4 Å². The topological polar surface area (TPSA) is 90.4 Å². The highest BCUT2D eigenvalue weighted by molar-refractivity contribution is 6.04. The van der Waals surface area contributed by atoms with Gasteiger partial charge in [0.15, 0.2) is 0 Å². The van der Waals surface area contributed by atoms with Crippen LogP contribution in [-0.4, -0.2) is 82.7 Å². The number of aliphatic hydroxyl groups is 1. The Labute approximate surface area is 218 Å². The Balaban J connectivity index is 1.63. The summed E-state index contributed by atoms with van der Waals surface area (Å²) in [7, 11) is 0. The van der Waals surface area contributed by atoms with Gasteiger partial charge >= 0.3 is 0 Å². The molecule has 4 heterocycles. The molecule has 0 bridgehead atoms. The molecule has 2 saturated heterocycles. The van der Waals surface area contributed by atoms with Gasteiger partial charge in [-0.1, -0.05) is 62.8 Å². The second-order valence-corrected chi connectivity index (χ2v) is 10.5. The maximum atomic E-state index is 14.3. The quantitative estimate of drug-likeness (QED) is 0.546. The molecule has 1 N–H and O–H groups in total. The van der Waals surface area contributed by atoms with Crippen LogP contribution in [0.25, 0.3) is 0 Å². The molecule has 4 aliphatic rings. The van der Waals surface area contributed by atoms with Crippen molar-refractivity contribution in [3.8, 4) is 0 Å². The molecular formula is C29H37N3O5. The van der Waals surface area contributed by atoms with Crippen LogP contribution in [0.2, 0.25) is 0 Å². The number of carbonyl (C=O) groups excluding carboxylic acids is 3. The number of hydrogen-bond donors (Lipinski definition) is 1. The highest BCUT2D eigenvalue weighted by Gasteiger charge is 2.75. The summed E-state index contributed by atoms with van der Waals surface area (Å²) in [4.78, 5) is 47.7. The van der Waals surface area contributed by atoms with E-state index in [0.717, 1.165) is 18.5 Å². The molecule has 1 unspecified atom stereocenters. The summed E-state index contributed by atoms with van der Waals surface area (Å²) in [5, 5.41) is 9.56. The van der Waals surface area contributed by atoms with Crippen molar-refractivity contribution in [2.24, 2.45) is 11.8 Å². The van der Waals surface area contributed by atoms with E-state index < -0.39 is 29.1 Å². The number of ether oxygens (including phenoxy) is 1. The number of rotatable bonds is 8. The van der Waals surface area contributed by atoms with Crippen LogP contribution in [0.1, 0.15) is 39.5 Å². The molecule has 3 amide bonds. The first-order chi connectivity index (χ1) is 17.9. The van der Waals surface area contributed by atoms with Gasteiger partial charge in [0.2, 0.25) is 17.7 Å². The van der Waals surface area contributed by atoms with Crippen molar-refractivity contribution in [1.82, 2.24) is 9.80 Å². The van der Waals surface area contributed by atoms with Gasteiger partial charge in [0, 0.05) is 38.5 Å². The lowest BCUT2D eigenvalue weighted by Gasteiger charge is -2.38. The minimum atomic E-state index is -1.25. The van der Waals surface area contributed by atoms with Crippen molar-refractivity contribution in [2.45, 2.75) is 56.8 Å². The van der Waals surface area contributed by atoms with Gasteiger partial charge in [-0.2, -0.15) is 0 Å². The minimum absolute atomic E-state index is 0.0929. The van der Waals surface area contributed by atoms with E-state index in [0.29, 0.717) is 32.5 Å². The molecule has 0 saturated carbocycles. The molecule has 4 aliphatic heterocycles. The number of unbranched alkanes of at least 4 members (excludes halogenated alkanes) is 1. The fourth-order valence-electron chi connectivity index (χ4n) is 6.68. The number of nitrogens with zero attached hydrogens (tertiary/aromatic N) is 3. The number of para-hydroxylation sites is 1. The second kappa shape index (κ2) is 10.1. The maximum absolute atomic E-state index is 14.3. The summed E-state index contributed by atoms with van der Waals surface area (Å²) in [5.74, 6) is -2.16. The number of benzene rings is 1. The predicted octanol–water partition coefficient (Wildman–Crippen LogP) is 2.53. The van der Waals surface area contributed by atoms with E-state index in [2.05, 4.69) is 6.92 Å². The number of likely N-dealkylation sites (tertiary alicyclic amines) is 1. The van der Waals surface area contributed by atoms with Crippen LogP contribution in [0.5, 0.6) is 0 Å². The van der Waals surface area contributed by atoms with E-state index in [1.54, 1.807) is 14.7 Å². The molecule has 5 rings (SSSR count). The van der Waals surface area contributed by atoms with Gasteiger partial charge < -0.3 is 24.5 Å². The van der Waals surface area contributed by atoms with Crippen LogP contribution >= 0.6 is 0 Å². The summed E-state index contributed by atoms with van der Waals surface area (Å²) in [6.45, 7) is 5.62. The molecule has 37 heavy (non-hydrogen) atoms. The lowest BCUT2D eigenvalue weighted by Crippen LogP contribution is -2.56. The van der Waals surface area contributed by atoms with Crippen LogP contribution in [0.4, 0.5) is 5.69 Å². The van der Waals surface area contributed by atoms with Gasteiger partial charge in [0.05, 0.1) is 17.4 Å². The first-order valence-corrected chi connectivity index (χ1v) is 13.6. The third-order valence-corrected chi connectivity index (χ3v) is 8.43. The number of fused-ring (bicyclic) bond motifs is 2. The molecule has 8 heteroatoms. The molecule has 0 radical (unpaired) electrons. The normalized spacial score (nSPS) is 32.9. The Morgan fingerprint density at radius 1 is 0.919 bits per heavy atom. The summed E-state index contributed by atoms with van der Waals surface area (Å²) < 4.78 is 6.94. The summed E-state index contributed by atoms with van der Waals surface area (Å²) in [6.07, 6.45) is 10.4. The molecule has 5 atom stereocenters. The lowest BCUT2D eigenvalue weighted by molar-refractivity contribution is -0.152. The van der Waals surface area contributed by atoms with Crippen LogP contribution in [0.3, 0.4) is 0 Å². The summed E-state index contributed by atoms with van der Waals surface area (Å²) in [6, 6.07) is 8.60. The van der Waals surface area contributed by atoms with Crippen LogP contribution in [-0.2, 0) is 19.1 Å². The van der Waals surface area contributed by atoms with Crippen molar-refractivity contribution in [3.05, 3.63) is 54.6 Å². The standard InChI is InChI=1S/C29H37N3O5/c1-3-5-16-30-17-10-15-29-23(26(35)32(19-11-20-33)24(29)27(30)36)22-25(34)31(21-12-7-6-8-13-21)18-9-14-28(22,4-2)37-29/h6-10,12-15,22-24,33H,3-5,11,16-20H2,1-2H3/t22-,23-,24?,28+,29-/m0/s1. The fourth-order valence-corrected chi connectivity index (χ4v) is 6.68. The zero-order valence-corrected chi connectivity index (χ0v) is 21.7. The Morgan fingerprint density at radius 3 is 2.38 bits per heavy atom. The highest BCUT2D eigenvalue weighted by atomic mass is 16.5. The molecule has 1 aromatic rings. The van der Waals surface area contributed by atoms with Gasteiger partial charge in [0.1, 0.15) is 11.6 Å². The van der Waals surface area contributed by atoms with Gasteiger partial charge in [0.25, 0.3) is 0 Å². The number of aliphatic hydroxyl groups excluding tert-OH is 1.